The fourth-order valence-electron chi connectivity index (χ4n) is 1.99. The van der Waals surface area contributed by atoms with Gasteiger partial charge in [0.1, 0.15) is 18.1 Å². The molecule has 0 aromatic heterocycles. The number of nitrogens with two attached hydrogens (primary N) is 1. The van der Waals surface area contributed by atoms with Gasteiger partial charge in [-0.15, -0.1) is 0 Å². The smallest absolute Gasteiger partial charge is 0.338 e. The van der Waals surface area contributed by atoms with Crippen LogP contribution in [0.2, 0.25) is 0 Å². The van der Waals surface area contributed by atoms with Crippen molar-refractivity contribution in [3.05, 3.63) is 59.7 Å². The van der Waals surface area contributed by atoms with Crippen LogP contribution < -0.4 is 15.2 Å². The summed E-state index contributed by atoms with van der Waals surface area (Å²) in [5, 5.41) is 9.71. The van der Waals surface area contributed by atoms with Crippen molar-refractivity contribution in [2.24, 2.45) is 5.73 Å². The van der Waals surface area contributed by atoms with E-state index in [0.717, 1.165) is 22.6 Å². The molecule has 2 amide bonds. The van der Waals surface area contributed by atoms with Crippen LogP contribution in [-0.4, -0.2) is 30.0 Å². The highest BCUT2D eigenvalue weighted by Crippen LogP contribution is 2.16. The summed E-state index contributed by atoms with van der Waals surface area (Å²) in [6, 6.07) is 14.3. The summed E-state index contributed by atoms with van der Waals surface area (Å²) in [4.78, 5) is 10.7. The van der Waals surface area contributed by atoms with E-state index in [4.69, 9.17) is 15.2 Å². The van der Waals surface area contributed by atoms with E-state index < -0.39 is 6.03 Å². The Hall–Kier alpha value is -2.73. The molecule has 122 valence electrons. The topological polar surface area (TPSA) is 85.0 Å². The second-order valence-corrected chi connectivity index (χ2v) is 4.99. The first-order valence-electron chi connectivity index (χ1n) is 7.19. The van der Waals surface area contributed by atoms with E-state index in [-0.39, 0.29) is 6.54 Å². The Labute approximate surface area is 135 Å². The van der Waals surface area contributed by atoms with Gasteiger partial charge in [0.05, 0.1) is 13.7 Å². The molecule has 23 heavy (non-hydrogen) atoms. The molecular weight excluding hydrogens is 296 g/mol. The lowest BCUT2D eigenvalue weighted by Crippen LogP contribution is -2.34. The van der Waals surface area contributed by atoms with E-state index in [0.29, 0.717) is 18.1 Å². The number of urea groups is 1. The molecule has 0 spiro atoms. The number of carbonyl (C=O) groups excluding carboxylic acids is 1. The van der Waals surface area contributed by atoms with E-state index in [1.165, 1.54) is 0 Å². The number of hydroxylamine groups is 2. The fourth-order valence-corrected chi connectivity index (χ4v) is 1.99. The highest BCUT2D eigenvalue weighted by Gasteiger charge is 2.05. The van der Waals surface area contributed by atoms with E-state index in [1.807, 2.05) is 48.5 Å². The monoisotopic (exact) mass is 316 g/mol. The van der Waals surface area contributed by atoms with E-state index in [1.54, 1.807) is 7.11 Å². The predicted octanol–water partition coefficient (Wildman–Crippen LogP) is 2.59. The van der Waals surface area contributed by atoms with Crippen LogP contribution in [0.25, 0.3) is 0 Å². The van der Waals surface area contributed by atoms with Crippen molar-refractivity contribution in [2.45, 2.75) is 13.0 Å². The standard InChI is InChI=1S/C17H20N2O4/c1-22-15-6-4-14(5-7-15)12-23-16-8-2-13(3-9-16)10-11-19(21)17(18)20/h2-9,21H,10-12H2,1H3,(H2,18,20). The Morgan fingerprint density at radius 1 is 1.04 bits per heavy atom. The number of rotatable bonds is 7. The van der Waals surface area contributed by atoms with Crippen LogP contribution in [0.5, 0.6) is 11.5 Å². The Balaban J connectivity index is 1.83. The SMILES string of the molecule is COc1ccc(COc2ccc(CCN(O)C(N)=O)cc2)cc1. The molecule has 0 saturated heterocycles. The van der Waals surface area contributed by atoms with Crippen LogP contribution >= 0.6 is 0 Å². The van der Waals surface area contributed by atoms with Gasteiger partial charge in [-0.3, -0.25) is 5.21 Å². The van der Waals surface area contributed by atoms with Crippen molar-refractivity contribution in [3.63, 3.8) is 0 Å². The first kappa shape index (κ1) is 16.6. The molecule has 0 aliphatic carbocycles. The summed E-state index contributed by atoms with van der Waals surface area (Å²) in [5.74, 6) is 1.56. The van der Waals surface area contributed by atoms with Gasteiger partial charge >= 0.3 is 6.03 Å². The molecular formula is C17H20N2O4. The van der Waals surface area contributed by atoms with Crippen LogP contribution in [0, 0.1) is 0 Å². The Morgan fingerprint density at radius 2 is 1.61 bits per heavy atom. The molecule has 0 radical (unpaired) electrons. The zero-order chi connectivity index (χ0) is 16.7. The third-order valence-electron chi connectivity index (χ3n) is 3.35. The first-order chi connectivity index (χ1) is 11.1. The van der Waals surface area contributed by atoms with Crippen molar-refractivity contribution in [1.29, 1.82) is 0 Å². The van der Waals surface area contributed by atoms with Gasteiger partial charge in [0.2, 0.25) is 0 Å². The first-order valence-corrected chi connectivity index (χ1v) is 7.19. The Morgan fingerprint density at radius 3 is 2.17 bits per heavy atom. The summed E-state index contributed by atoms with van der Waals surface area (Å²) >= 11 is 0. The summed E-state index contributed by atoms with van der Waals surface area (Å²) in [6.45, 7) is 0.622. The molecule has 0 saturated carbocycles. The summed E-state index contributed by atoms with van der Waals surface area (Å²) in [7, 11) is 1.63. The van der Waals surface area contributed by atoms with Gasteiger partial charge in [-0.05, 0) is 41.8 Å². The molecule has 2 aromatic rings. The van der Waals surface area contributed by atoms with Crippen LogP contribution in [-0.2, 0) is 13.0 Å². The number of amides is 2. The number of nitrogens with zero attached hydrogens (tertiary/aromatic N) is 1. The molecule has 0 aliphatic heterocycles. The quantitative estimate of drug-likeness (QED) is 0.607. The largest absolute Gasteiger partial charge is 0.497 e. The third kappa shape index (κ3) is 5.19. The summed E-state index contributed by atoms with van der Waals surface area (Å²) in [5.41, 5.74) is 6.97. The average Bonchev–Trinajstić information content (AvgIpc) is 2.59. The molecule has 0 aliphatic rings. The lowest BCUT2D eigenvalue weighted by atomic mass is 10.1. The molecule has 6 heteroatoms. The molecule has 2 rings (SSSR count). The lowest BCUT2D eigenvalue weighted by Gasteiger charge is -2.12. The molecule has 6 nitrogen and oxygen atoms in total. The van der Waals surface area contributed by atoms with Crippen molar-refractivity contribution in [3.8, 4) is 11.5 Å². The predicted molar refractivity (Wildman–Crippen MR) is 85.5 cm³/mol. The fraction of sp³-hybridized carbons (Fsp3) is 0.235. The number of carbonyl (C=O) groups is 1. The van der Waals surface area contributed by atoms with Gasteiger partial charge in [-0.25, -0.2) is 9.86 Å². The van der Waals surface area contributed by atoms with Crippen molar-refractivity contribution < 1.29 is 19.5 Å². The Bertz CT molecular complexity index is 626. The van der Waals surface area contributed by atoms with Crippen molar-refractivity contribution >= 4 is 6.03 Å². The minimum Gasteiger partial charge on any atom is -0.497 e. The summed E-state index contributed by atoms with van der Waals surface area (Å²) in [6.07, 6.45) is 0.512. The zero-order valence-electron chi connectivity index (χ0n) is 12.9. The third-order valence-corrected chi connectivity index (χ3v) is 3.35. The van der Waals surface area contributed by atoms with Crippen molar-refractivity contribution in [1.82, 2.24) is 5.06 Å². The van der Waals surface area contributed by atoms with Gasteiger partial charge < -0.3 is 15.2 Å². The zero-order valence-corrected chi connectivity index (χ0v) is 12.9. The highest BCUT2D eigenvalue weighted by molar-refractivity contribution is 5.70. The van der Waals surface area contributed by atoms with Crippen LogP contribution in [0.15, 0.2) is 48.5 Å². The second kappa shape index (κ2) is 8.05. The van der Waals surface area contributed by atoms with E-state index in [2.05, 4.69) is 0 Å². The second-order valence-electron chi connectivity index (χ2n) is 4.99. The minimum absolute atomic E-state index is 0.154. The van der Waals surface area contributed by atoms with Gasteiger partial charge in [0, 0.05) is 0 Å². The molecule has 0 heterocycles. The maximum absolute atomic E-state index is 10.7. The molecule has 0 unspecified atom stereocenters. The molecule has 0 fully saturated rings. The van der Waals surface area contributed by atoms with Gasteiger partial charge in [-0.2, -0.15) is 0 Å². The number of hydrogen-bond acceptors (Lipinski definition) is 4. The van der Waals surface area contributed by atoms with Gasteiger partial charge in [-0.1, -0.05) is 24.3 Å². The normalized spacial score (nSPS) is 10.2. The Kier molecular flexibility index (Phi) is 5.82. The molecule has 0 atom stereocenters. The lowest BCUT2D eigenvalue weighted by molar-refractivity contribution is -0.0382. The summed E-state index contributed by atoms with van der Waals surface area (Å²) < 4.78 is 10.8. The number of benzene rings is 2. The molecule has 3 N–H and O–H groups in total. The molecule has 0 bridgehead atoms. The highest BCUT2D eigenvalue weighted by atomic mass is 16.5. The number of ether oxygens (including phenoxy) is 2. The van der Waals surface area contributed by atoms with E-state index in [9.17, 15) is 10.0 Å². The van der Waals surface area contributed by atoms with Gasteiger partial charge in [0.15, 0.2) is 0 Å². The maximum Gasteiger partial charge on any atom is 0.338 e. The minimum atomic E-state index is -0.857. The number of hydrogen-bond donors (Lipinski definition) is 2. The number of primary amides is 1. The average molecular weight is 316 g/mol. The van der Waals surface area contributed by atoms with Crippen LogP contribution in [0.3, 0.4) is 0 Å². The van der Waals surface area contributed by atoms with Crippen molar-refractivity contribution in [2.75, 3.05) is 13.7 Å². The van der Waals surface area contributed by atoms with Crippen LogP contribution in [0.4, 0.5) is 4.79 Å². The van der Waals surface area contributed by atoms with E-state index >= 15 is 0 Å². The maximum atomic E-state index is 10.7. The molecule has 2 aromatic carbocycles. The van der Waals surface area contributed by atoms with Crippen LogP contribution in [0.1, 0.15) is 11.1 Å². The van der Waals surface area contributed by atoms with Gasteiger partial charge in [0.25, 0.3) is 0 Å². The number of methoxy groups -OCH3 is 1.